The molecule has 192 valence electrons. The Morgan fingerprint density at radius 1 is 1.03 bits per heavy atom. The fourth-order valence-electron chi connectivity index (χ4n) is 3.70. The molecule has 0 bridgehead atoms. The third-order valence-electron chi connectivity index (χ3n) is 5.58. The Bertz CT molecular complexity index is 1170. The molecule has 0 saturated carbocycles. The Labute approximate surface area is 218 Å². The van der Waals surface area contributed by atoms with E-state index in [1.54, 1.807) is 31.2 Å². The first kappa shape index (κ1) is 28.9. The van der Waals surface area contributed by atoms with Gasteiger partial charge in [0, 0.05) is 13.1 Å². The highest BCUT2D eigenvalue weighted by Crippen LogP contribution is 2.26. The average molecular weight is 543 g/mol. The zero-order valence-corrected chi connectivity index (χ0v) is 23.1. The largest absolute Gasteiger partial charge is 0.354 e. The van der Waals surface area contributed by atoms with Crippen molar-refractivity contribution in [3.05, 3.63) is 63.1 Å². The number of hydrogen-bond acceptors (Lipinski definition) is 4. The highest BCUT2D eigenvalue weighted by molar-refractivity contribution is 7.92. The Balaban J connectivity index is 2.49. The van der Waals surface area contributed by atoms with Crippen LogP contribution in [0.5, 0.6) is 0 Å². The number of amides is 2. The minimum absolute atomic E-state index is 0.0676. The Morgan fingerprint density at radius 3 is 2.29 bits per heavy atom. The van der Waals surface area contributed by atoms with Gasteiger partial charge in [0.05, 0.1) is 22.0 Å². The van der Waals surface area contributed by atoms with Gasteiger partial charge in [0.15, 0.2) is 0 Å². The summed E-state index contributed by atoms with van der Waals surface area (Å²) in [6, 6.07) is 9.63. The van der Waals surface area contributed by atoms with Crippen molar-refractivity contribution in [2.45, 2.75) is 53.1 Å². The van der Waals surface area contributed by atoms with E-state index in [0.717, 1.165) is 28.1 Å². The molecule has 2 rings (SSSR count). The maximum absolute atomic E-state index is 13.7. The molecule has 1 unspecified atom stereocenters. The summed E-state index contributed by atoms with van der Waals surface area (Å²) in [6.07, 6.45) is 2.17. The lowest BCUT2D eigenvalue weighted by Gasteiger charge is -2.33. The molecule has 0 fully saturated rings. The minimum Gasteiger partial charge on any atom is -0.354 e. The number of anilines is 1. The molecule has 1 N–H and O–H groups in total. The van der Waals surface area contributed by atoms with Gasteiger partial charge in [0.2, 0.25) is 21.8 Å². The standard InChI is InChI=1S/C25H33Cl2N3O4S/c1-6-12-28-25(32)22(7-2)29(15-19-10-11-20(26)21(27)14-19)24(31)16-30(35(5,33)34)23-13-17(3)8-9-18(23)4/h8-11,13-14,22H,6-7,12,15-16H2,1-5H3,(H,28,32). The van der Waals surface area contributed by atoms with E-state index >= 15 is 0 Å². The van der Waals surface area contributed by atoms with E-state index in [1.165, 1.54) is 4.90 Å². The maximum Gasteiger partial charge on any atom is 0.244 e. The first-order valence-electron chi connectivity index (χ1n) is 11.4. The van der Waals surface area contributed by atoms with Crippen molar-refractivity contribution in [1.29, 1.82) is 0 Å². The molecule has 0 aliphatic rings. The SMILES string of the molecule is CCCNC(=O)C(CC)N(Cc1ccc(Cl)c(Cl)c1)C(=O)CN(c1cc(C)ccc1C)S(C)(=O)=O. The van der Waals surface area contributed by atoms with Gasteiger partial charge < -0.3 is 10.2 Å². The number of halogens is 2. The third-order valence-corrected chi connectivity index (χ3v) is 7.45. The van der Waals surface area contributed by atoms with Gasteiger partial charge >= 0.3 is 0 Å². The van der Waals surface area contributed by atoms with Crippen LogP contribution in [0.1, 0.15) is 43.4 Å². The van der Waals surface area contributed by atoms with Crippen LogP contribution in [0.15, 0.2) is 36.4 Å². The summed E-state index contributed by atoms with van der Waals surface area (Å²) in [4.78, 5) is 28.1. The van der Waals surface area contributed by atoms with Crippen LogP contribution in [0.4, 0.5) is 5.69 Å². The summed E-state index contributed by atoms with van der Waals surface area (Å²) in [5, 5.41) is 3.55. The molecular weight excluding hydrogens is 509 g/mol. The van der Waals surface area contributed by atoms with Gasteiger partial charge in [-0.25, -0.2) is 8.42 Å². The first-order valence-corrected chi connectivity index (χ1v) is 14.1. The molecule has 0 heterocycles. The number of carbonyl (C=O) groups is 2. The van der Waals surface area contributed by atoms with Crippen LogP contribution in [0.3, 0.4) is 0 Å². The normalized spacial score (nSPS) is 12.2. The van der Waals surface area contributed by atoms with Crippen molar-refractivity contribution in [2.24, 2.45) is 0 Å². The lowest BCUT2D eigenvalue weighted by atomic mass is 10.1. The molecule has 7 nitrogen and oxygen atoms in total. The van der Waals surface area contributed by atoms with Gasteiger partial charge in [-0.05, 0) is 61.6 Å². The quantitative estimate of drug-likeness (QED) is 0.446. The number of nitrogens with one attached hydrogen (secondary N) is 1. The van der Waals surface area contributed by atoms with Crippen molar-refractivity contribution in [1.82, 2.24) is 10.2 Å². The topological polar surface area (TPSA) is 86.8 Å². The second-order valence-corrected chi connectivity index (χ2v) is 11.3. The van der Waals surface area contributed by atoms with Crippen LogP contribution in [0.25, 0.3) is 0 Å². The van der Waals surface area contributed by atoms with Crippen molar-refractivity contribution in [3.63, 3.8) is 0 Å². The molecule has 0 aliphatic carbocycles. The molecule has 2 amide bonds. The second-order valence-electron chi connectivity index (χ2n) is 8.54. The zero-order chi connectivity index (χ0) is 26.3. The average Bonchev–Trinajstić information content (AvgIpc) is 2.79. The molecule has 0 spiro atoms. The van der Waals surface area contributed by atoms with Crippen LogP contribution in [0, 0.1) is 13.8 Å². The molecule has 0 saturated heterocycles. The number of hydrogen-bond donors (Lipinski definition) is 1. The highest BCUT2D eigenvalue weighted by atomic mass is 35.5. The smallest absolute Gasteiger partial charge is 0.244 e. The molecule has 0 aromatic heterocycles. The molecule has 35 heavy (non-hydrogen) atoms. The monoisotopic (exact) mass is 541 g/mol. The number of benzene rings is 2. The summed E-state index contributed by atoms with van der Waals surface area (Å²) >= 11 is 12.2. The molecule has 10 heteroatoms. The van der Waals surface area contributed by atoms with E-state index in [0.29, 0.717) is 34.3 Å². The number of aryl methyl sites for hydroxylation is 2. The van der Waals surface area contributed by atoms with Gasteiger partial charge in [-0.15, -0.1) is 0 Å². The predicted molar refractivity (Wildman–Crippen MR) is 142 cm³/mol. The third kappa shape index (κ3) is 7.85. The van der Waals surface area contributed by atoms with Crippen molar-refractivity contribution >= 4 is 50.7 Å². The van der Waals surface area contributed by atoms with E-state index in [4.69, 9.17) is 23.2 Å². The van der Waals surface area contributed by atoms with E-state index in [-0.39, 0.29) is 12.5 Å². The van der Waals surface area contributed by atoms with Crippen molar-refractivity contribution in [2.75, 3.05) is 23.7 Å². The predicted octanol–water partition coefficient (Wildman–Crippen LogP) is 4.71. The number of nitrogens with zero attached hydrogens (tertiary/aromatic N) is 2. The van der Waals surface area contributed by atoms with E-state index in [1.807, 2.05) is 32.9 Å². The maximum atomic E-state index is 13.7. The number of rotatable bonds is 11. The van der Waals surface area contributed by atoms with Gasteiger partial charge in [-0.3, -0.25) is 13.9 Å². The van der Waals surface area contributed by atoms with E-state index in [9.17, 15) is 18.0 Å². The van der Waals surface area contributed by atoms with Crippen LogP contribution in [-0.4, -0.2) is 50.5 Å². The molecule has 2 aromatic carbocycles. The highest BCUT2D eigenvalue weighted by Gasteiger charge is 2.32. The molecule has 2 aromatic rings. The van der Waals surface area contributed by atoms with E-state index in [2.05, 4.69) is 5.32 Å². The molecule has 0 aliphatic heterocycles. The number of carbonyl (C=O) groups excluding carboxylic acids is 2. The Hall–Kier alpha value is -2.29. The van der Waals surface area contributed by atoms with Crippen LogP contribution in [0.2, 0.25) is 10.0 Å². The summed E-state index contributed by atoms with van der Waals surface area (Å²) < 4.78 is 26.6. The van der Waals surface area contributed by atoms with Gasteiger partial charge in [-0.1, -0.05) is 55.2 Å². The van der Waals surface area contributed by atoms with Crippen molar-refractivity contribution < 1.29 is 18.0 Å². The zero-order valence-electron chi connectivity index (χ0n) is 20.8. The van der Waals surface area contributed by atoms with Gasteiger partial charge in [-0.2, -0.15) is 0 Å². The summed E-state index contributed by atoms with van der Waals surface area (Å²) in [6.45, 7) is 7.49. The van der Waals surface area contributed by atoms with Crippen molar-refractivity contribution in [3.8, 4) is 0 Å². The van der Waals surface area contributed by atoms with Gasteiger partial charge in [0.1, 0.15) is 12.6 Å². The first-order chi connectivity index (χ1) is 16.4. The fourth-order valence-corrected chi connectivity index (χ4v) is 4.92. The fraction of sp³-hybridized carbons (Fsp3) is 0.440. The molecule has 0 radical (unpaired) electrons. The molecule has 1 atom stereocenters. The summed E-state index contributed by atoms with van der Waals surface area (Å²) in [7, 11) is -3.79. The lowest BCUT2D eigenvalue weighted by Crippen LogP contribution is -2.52. The lowest BCUT2D eigenvalue weighted by molar-refractivity contribution is -0.140. The second kappa shape index (κ2) is 12.6. The van der Waals surface area contributed by atoms with Crippen LogP contribution in [-0.2, 0) is 26.2 Å². The summed E-state index contributed by atoms with van der Waals surface area (Å²) in [5.74, 6) is -0.790. The van der Waals surface area contributed by atoms with Gasteiger partial charge in [0.25, 0.3) is 0 Å². The Kier molecular flexibility index (Phi) is 10.4. The van der Waals surface area contributed by atoms with Crippen LogP contribution >= 0.6 is 23.2 Å². The minimum atomic E-state index is -3.79. The molecular formula is C25H33Cl2N3O4S. The summed E-state index contributed by atoms with van der Waals surface area (Å²) in [5.41, 5.74) is 2.69. The number of sulfonamides is 1. The Morgan fingerprint density at radius 2 is 1.71 bits per heavy atom. The van der Waals surface area contributed by atoms with Crippen LogP contribution < -0.4 is 9.62 Å². The van der Waals surface area contributed by atoms with E-state index < -0.39 is 28.5 Å².